The zero-order valence-electron chi connectivity index (χ0n) is 19.1. The van der Waals surface area contributed by atoms with Gasteiger partial charge in [-0.15, -0.1) is 0 Å². The Bertz CT molecular complexity index is 1200. The van der Waals surface area contributed by atoms with Gasteiger partial charge in [0.2, 0.25) is 5.88 Å². The topological polar surface area (TPSA) is 90.0 Å². The quantitative estimate of drug-likeness (QED) is 0.493. The van der Waals surface area contributed by atoms with E-state index in [-0.39, 0.29) is 13.3 Å². The Morgan fingerprint density at radius 1 is 1.24 bits per heavy atom. The minimum absolute atomic E-state index is 0. The molecule has 2 aliphatic carbocycles. The molecule has 0 atom stereocenters. The summed E-state index contributed by atoms with van der Waals surface area (Å²) in [6.07, 6.45) is 12.2. The van der Waals surface area contributed by atoms with E-state index in [4.69, 9.17) is 19.4 Å². The minimum Gasteiger partial charge on any atom is -0.496 e. The molecule has 1 aromatic carbocycles. The van der Waals surface area contributed by atoms with Gasteiger partial charge in [0, 0.05) is 43.6 Å². The number of rotatable bonds is 8. The Balaban J connectivity index is 0.00000274. The molecule has 1 saturated carbocycles. The number of carbonyl (C=O) groups excluding carboxylic acids is 1. The van der Waals surface area contributed by atoms with Crippen LogP contribution in [0.3, 0.4) is 0 Å². The van der Waals surface area contributed by atoms with Gasteiger partial charge < -0.3 is 9.47 Å². The SMILES string of the molecule is CCC(=O)c1ccc(Cc2nc3c(c(OC4CCCC4)n2)C(c2cn[nH]c2)=CC3)c(OC)c1.[HH]. The van der Waals surface area contributed by atoms with E-state index in [0.717, 1.165) is 47.2 Å². The van der Waals surface area contributed by atoms with Crippen molar-refractivity contribution in [3.8, 4) is 11.6 Å². The van der Waals surface area contributed by atoms with Crippen LogP contribution in [0.4, 0.5) is 0 Å². The molecule has 172 valence electrons. The number of ether oxygens (including phenoxy) is 2. The maximum Gasteiger partial charge on any atom is 0.225 e. The van der Waals surface area contributed by atoms with Crippen molar-refractivity contribution in [3.63, 3.8) is 0 Å². The highest BCUT2D eigenvalue weighted by molar-refractivity contribution is 5.96. The highest BCUT2D eigenvalue weighted by atomic mass is 16.5. The predicted molar refractivity (Wildman–Crippen MR) is 127 cm³/mol. The normalized spacial score (nSPS) is 15.4. The monoisotopic (exact) mass is 446 g/mol. The number of benzene rings is 1. The number of aromatic amines is 1. The lowest BCUT2D eigenvalue weighted by molar-refractivity contribution is 0.0988. The van der Waals surface area contributed by atoms with Crippen molar-refractivity contribution in [1.29, 1.82) is 0 Å². The van der Waals surface area contributed by atoms with Gasteiger partial charge in [-0.2, -0.15) is 10.1 Å². The summed E-state index contributed by atoms with van der Waals surface area (Å²) in [5.41, 5.74) is 5.63. The number of fused-ring (bicyclic) bond motifs is 1. The number of hydrogen-bond acceptors (Lipinski definition) is 6. The van der Waals surface area contributed by atoms with E-state index in [1.165, 1.54) is 12.8 Å². The Kier molecular flexibility index (Phi) is 5.94. The molecule has 1 fully saturated rings. The molecular weight excluding hydrogens is 416 g/mol. The second kappa shape index (κ2) is 9.17. The van der Waals surface area contributed by atoms with Gasteiger partial charge in [0.1, 0.15) is 17.7 Å². The fourth-order valence-electron chi connectivity index (χ4n) is 4.68. The molecule has 33 heavy (non-hydrogen) atoms. The third-order valence-corrected chi connectivity index (χ3v) is 6.43. The van der Waals surface area contributed by atoms with Crippen molar-refractivity contribution >= 4 is 11.4 Å². The molecule has 0 radical (unpaired) electrons. The van der Waals surface area contributed by atoms with Crippen molar-refractivity contribution < 1.29 is 15.7 Å². The first-order chi connectivity index (χ1) is 16.2. The lowest BCUT2D eigenvalue weighted by atomic mass is 10.0. The van der Waals surface area contributed by atoms with E-state index >= 15 is 0 Å². The zero-order valence-corrected chi connectivity index (χ0v) is 19.1. The zero-order chi connectivity index (χ0) is 22.8. The first kappa shape index (κ1) is 21.4. The number of nitrogens with zero attached hydrogens (tertiary/aromatic N) is 3. The number of Topliss-reactive ketones (excluding diaryl/α,β-unsaturated/α-hetero) is 1. The lowest BCUT2D eigenvalue weighted by Gasteiger charge is -2.18. The van der Waals surface area contributed by atoms with Crippen LogP contribution in [-0.2, 0) is 12.8 Å². The van der Waals surface area contributed by atoms with Gasteiger partial charge in [-0.1, -0.05) is 25.1 Å². The van der Waals surface area contributed by atoms with Gasteiger partial charge in [-0.3, -0.25) is 9.89 Å². The van der Waals surface area contributed by atoms with E-state index in [2.05, 4.69) is 16.3 Å². The molecule has 1 N–H and O–H groups in total. The summed E-state index contributed by atoms with van der Waals surface area (Å²) in [7, 11) is 1.62. The highest BCUT2D eigenvalue weighted by Crippen LogP contribution is 2.39. The van der Waals surface area contributed by atoms with E-state index in [1.54, 1.807) is 7.11 Å². The molecule has 0 saturated heterocycles. The van der Waals surface area contributed by atoms with Crippen LogP contribution in [0, 0.1) is 0 Å². The fourth-order valence-corrected chi connectivity index (χ4v) is 4.68. The van der Waals surface area contributed by atoms with Crippen LogP contribution in [0.25, 0.3) is 5.57 Å². The average molecular weight is 447 g/mol. The van der Waals surface area contributed by atoms with Gasteiger partial charge in [-0.25, -0.2) is 4.98 Å². The first-order valence-electron chi connectivity index (χ1n) is 11.6. The molecular formula is C26H30N4O3. The van der Waals surface area contributed by atoms with E-state index in [0.29, 0.717) is 35.9 Å². The van der Waals surface area contributed by atoms with Crippen LogP contribution in [-0.4, -0.2) is 39.2 Å². The number of H-pyrrole nitrogens is 1. The maximum absolute atomic E-state index is 12.1. The van der Waals surface area contributed by atoms with Gasteiger partial charge in [0.15, 0.2) is 5.78 Å². The fraction of sp³-hybridized carbons (Fsp3) is 0.385. The van der Waals surface area contributed by atoms with Crippen molar-refractivity contribution in [2.75, 3.05) is 7.11 Å². The van der Waals surface area contributed by atoms with Crippen molar-refractivity contribution in [2.45, 2.75) is 58.0 Å². The second-order valence-corrected chi connectivity index (χ2v) is 8.58. The van der Waals surface area contributed by atoms with Gasteiger partial charge in [0.05, 0.1) is 24.6 Å². The van der Waals surface area contributed by atoms with Crippen molar-refractivity contribution in [3.05, 3.63) is 70.4 Å². The Labute approximate surface area is 194 Å². The number of carbonyl (C=O) groups is 1. The first-order valence-corrected chi connectivity index (χ1v) is 11.6. The summed E-state index contributed by atoms with van der Waals surface area (Å²) in [6, 6.07) is 5.60. The van der Waals surface area contributed by atoms with Crippen LogP contribution >= 0.6 is 0 Å². The molecule has 0 aliphatic heterocycles. The smallest absolute Gasteiger partial charge is 0.225 e. The van der Waals surface area contributed by atoms with E-state index in [9.17, 15) is 4.79 Å². The molecule has 7 heteroatoms. The van der Waals surface area contributed by atoms with Crippen LogP contribution in [0.1, 0.15) is 79.0 Å². The van der Waals surface area contributed by atoms with Crippen LogP contribution in [0.15, 0.2) is 36.7 Å². The summed E-state index contributed by atoms with van der Waals surface area (Å²) in [4.78, 5) is 21.9. The molecule has 5 rings (SSSR count). The highest BCUT2D eigenvalue weighted by Gasteiger charge is 2.28. The minimum atomic E-state index is 0. The molecule has 0 amide bonds. The summed E-state index contributed by atoms with van der Waals surface area (Å²) in [5.74, 6) is 2.12. The summed E-state index contributed by atoms with van der Waals surface area (Å²) < 4.78 is 12.0. The number of nitrogens with one attached hydrogen (secondary N) is 1. The summed E-state index contributed by atoms with van der Waals surface area (Å²) in [6.45, 7) is 1.86. The lowest BCUT2D eigenvalue weighted by Crippen LogP contribution is -2.15. The van der Waals surface area contributed by atoms with Crippen LogP contribution < -0.4 is 9.47 Å². The molecule has 2 heterocycles. The van der Waals surface area contributed by atoms with E-state index in [1.807, 2.05) is 37.5 Å². The number of methoxy groups -OCH3 is 1. The molecule has 0 bridgehead atoms. The molecule has 2 aliphatic rings. The van der Waals surface area contributed by atoms with Gasteiger partial charge >= 0.3 is 0 Å². The third-order valence-electron chi connectivity index (χ3n) is 6.43. The molecule has 7 nitrogen and oxygen atoms in total. The summed E-state index contributed by atoms with van der Waals surface area (Å²) in [5, 5.41) is 7.00. The third kappa shape index (κ3) is 4.27. The number of aromatic nitrogens is 4. The number of ketones is 1. The second-order valence-electron chi connectivity index (χ2n) is 8.58. The molecule has 0 spiro atoms. The number of hydrogen-bond donors (Lipinski definition) is 1. The Morgan fingerprint density at radius 2 is 2.09 bits per heavy atom. The van der Waals surface area contributed by atoms with E-state index < -0.39 is 0 Å². The Hall–Kier alpha value is -3.48. The van der Waals surface area contributed by atoms with Gasteiger partial charge in [0.25, 0.3) is 0 Å². The van der Waals surface area contributed by atoms with Crippen molar-refractivity contribution in [1.82, 2.24) is 20.2 Å². The molecule has 3 aromatic rings. The molecule has 2 aromatic heterocycles. The van der Waals surface area contributed by atoms with Crippen LogP contribution in [0.2, 0.25) is 0 Å². The molecule has 0 unspecified atom stereocenters. The van der Waals surface area contributed by atoms with Gasteiger partial charge in [-0.05, 0) is 37.3 Å². The Morgan fingerprint density at radius 3 is 2.82 bits per heavy atom. The maximum atomic E-state index is 12.1. The summed E-state index contributed by atoms with van der Waals surface area (Å²) >= 11 is 0. The standard InChI is InChI=1S/C26H28N4O3.H2/c1-3-22(31)16-8-9-17(23(12-16)32-2)13-24-29-21-11-10-20(18-14-27-28-15-18)25(21)26(30-24)33-19-6-4-5-7-19;/h8-10,12,14-15,19H,3-7,11,13H2,1-2H3,(H,27,28);1H. The van der Waals surface area contributed by atoms with Crippen molar-refractivity contribution in [2.24, 2.45) is 0 Å². The predicted octanol–water partition coefficient (Wildman–Crippen LogP) is 4.95. The van der Waals surface area contributed by atoms with Crippen LogP contribution in [0.5, 0.6) is 11.6 Å². The average Bonchev–Trinajstić information content (AvgIpc) is 3.60. The number of allylic oxidation sites excluding steroid dienone is 1. The largest absolute Gasteiger partial charge is 0.496 e.